The van der Waals surface area contributed by atoms with Gasteiger partial charge in [0, 0.05) is 6.04 Å². The summed E-state index contributed by atoms with van der Waals surface area (Å²) in [7, 11) is 0. The summed E-state index contributed by atoms with van der Waals surface area (Å²) >= 11 is 0. The summed E-state index contributed by atoms with van der Waals surface area (Å²) in [5, 5.41) is 21.2. The van der Waals surface area contributed by atoms with Crippen LogP contribution >= 0.6 is 0 Å². The van der Waals surface area contributed by atoms with E-state index >= 15 is 0 Å². The van der Waals surface area contributed by atoms with Gasteiger partial charge in [-0.2, -0.15) is 0 Å². The Morgan fingerprint density at radius 1 is 1.19 bits per heavy atom. The summed E-state index contributed by atoms with van der Waals surface area (Å²) in [4.78, 5) is 0. The fourth-order valence-corrected chi connectivity index (χ4v) is 1.85. The fourth-order valence-electron chi connectivity index (χ4n) is 1.85. The first kappa shape index (κ1) is 13.2. The highest BCUT2D eigenvalue weighted by molar-refractivity contribution is 5.35. The van der Waals surface area contributed by atoms with Crippen LogP contribution in [0, 0.1) is 13.8 Å². The third kappa shape index (κ3) is 3.04. The van der Waals surface area contributed by atoms with Crippen molar-refractivity contribution in [3.05, 3.63) is 34.9 Å². The number of rotatable bonds is 5. The molecule has 3 N–H and O–H groups in total. The van der Waals surface area contributed by atoms with E-state index in [1.54, 1.807) is 0 Å². The molecule has 0 aliphatic rings. The highest BCUT2D eigenvalue weighted by Crippen LogP contribution is 2.20. The van der Waals surface area contributed by atoms with Crippen LogP contribution in [-0.2, 0) is 0 Å². The van der Waals surface area contributed by atoms with Gasteiger partial charge in [0.2, 0.25) is 0 Å². The zero-order chi connectivity index (χ0) is 12.1. The Morgan fingerprint density at radius 3 is 2.38 bits per heavy atom. The average molecular weight is 223 g/mol. The highest BCUT2D eigenvalue weighted by Gasteiger charge is 2.13. The predicted molar refractivity (Wildman–Crippen MR) is 65.4 cm³/mol. The predicted octanol–water partition coefficient (Wildman–Crippen LogP) is 1.31. The summed E-state index contributed by atoms with van der Waals surface area (Å²) in [6.07, 6.45) is 0. The number of aliphatic hydroxyl groups is 2. The van der Waals surface area contributed by atoms with Crippen molar-refractivity contribution in [3.63, 3.8) is 0 Å². The molecule has 0 heterocycles. The van der Waals surface area contributed by atoms with Crippen LogP contribution in [0.4, 0.5) is 0 Å². The maximum Gasteiger partial charge on any atom is 0.0607 e. The number of hydrogen-bond acceptors (Lipinski definition) is 3. The van der Waals surface area contributed by atoms with Crippen LogP contribution in [0.2, 0.25) is 0 Å². The molecular formula is C13H21NO2. The lowest BCUT2D eigenvalue weighted by atomic mass is 9.98. The van der Waals surface area contributed by atoms with Gasteiger partial charge in [-0.15, -0.1) is 0 Å². The SMILES string of the molecule is Cc1cccc(C(C)NC(CO)CO)c1C. The lowest BCUT2D eigenvalue weighted by molar-refractivity contribution is 0.163. The van der Waals surface area contributed by atoms with E-state index in [1.165, 1.54) is 16.7 Å². The highest BCUT2D eigenvalue weighted by atomic mass is 16.3. The summed E-state index contributed by atoms with van der Waals surface area (Å²) < 4.78 is 0. The van der Waals surface area contributed by atoms with E-state index in [9.17, 15) is 0 Å². The summed E-state index contributed by atoms with van der Waals surface area (Å²) in [6.45, 7) is 6.12. The maximum absolute atomic E-state index is 9.02. The molecule has 3 heteroatoms. The molecule has 0 bridgehead atoms. The number of benzene rings is 1. The smallest absolute Gasteiger partial charge is 0.0607 e. The van der Waals surface area contributed by atoms with Crippen LogP contribution in [0.5, 0.6) is 0 Å². The van der Waals surface area contributed by atoms with E-state index < -0.39 is 0 Å². The Morgan fingerprint density at radius 2 is 1.81 bits per heavy atom. The van der Waals surface area contributed by atoms with E-state index in [1.807, 2.05) is 13.0 Å². The molecule has 0 saturated carbocycles. The molecule has 3 nitrogen and oxygen atoms in total. The first-order valence-electron chi connectivity index (χ1n) is 5.64. The van der Waals surface area contributed by atoms with Crippen molar-refractivity contribution in [1.82, 2.24) is 5.32 Å². The van der Waals surface area contributed by atoms with Gasteiger partial charge in [0.25, 0.3) is 0 Å². The van der Waals surface area contributed by atoms with Crippen molar-refractivity contribution < 1.29 is 10.2 Å². The number of aliphatic hydroxyl groups excluding tert-OH is 2. The van der Waals surface area contributed by atoms with Crippen LogP contribution < -0.4 is 5.32 Å². The Kier molecular flexibility index (Phi) is 4.93. The van der Waals surface area contributed by atoms with E-state index in [0.29, 0.717) is 0 Å². The topological polar surface area (TPSA) is 52.5 Å². The largest absolute Gasteiger partial charge is 0.395 e. The second-order valence-corrected chi connectivity index (χ2v) is 4.24. The fraction of sp³-hybridized carbons (Fsp3) is 0.538. The molecule has 16 heavy (non-hydrogen) atoms. The van der Waals surface area contributed by atoms with Gasteiger partial charge < -0.3 is 15.5 Å². The second-order valence-electron chi connectivity index (χ2n) is 4.24. The molecular weight excluding hydrogens is 202 g/mol. The monoisotopic (exact) mass is 223 g/mol. The molecule has 0 aromatic heterocycles. The number of hydrogen-bond donors (Lipinski definition) is 3. The van der Waals surface area contributed by atoms with Gasteiger partial charge in [0.05, 0.1) is 19.3 Å². The van der Waals surface area contributed by atoms with E-state index in [-0.39, 0.29) is 25.3 Å². The minimum atomic E-state index is -0.255. The molecule has 1 aromatic carbocycles. The Balaban J connectivity index is 2.80. The molecule has 1 rings (SSSR count). The van der Waals surface area contributed by atoms with Gasteiger partial charge in [-0.25, -0.2) is 0 Å². The van der Waals surface area contributed by atoms with Gasteiger partial charge in [-0.3, -0.25) is 0 Å². The first-order valence-corrected chi connectivity index (χ1v) is 5.64. The molecule has 0 amide bonds. The number of nitrogens with one attached hydrogen (secondary N) is 1. The summed E-state index contributed by atoms with van der Waals surface area (Å²) in [6, 6.07) is 6.06. The van der Waals surface area contributed by atoms with E-state index in [4.69, 9.17) is 10.2 Å². The van der Waals surface area contributed by atoms with Crippen molar-refractivity contribution in [1.29, 1.82) is 0 Å². The molecule has 0 fully saturated rings. The van der Waals surface area contributed by atoms with Gasteiger partial charge in [-0.1, -0.05) is 18.2 Å². The Labute approximate surface area is 97.1 Å². The van der Waals surface area contributed by atoms with E-state index in [0.717, 1.165) is 0 Å². The minimum absolute atomic E-state index is 0.0499. The molecule has 90 valence electrons. The van der Waals surface area contributed by atoms with Gasteiger partial charge >= 0.3 is 0 Å². The molecule has 0 saturated heterocycles. The van der Waals surface area contributed by atoms with Crippen LogP contribution in [0.1, 0.15) is 29.7 Å². The van der Waals surface area contributed by atoms with Crippen LogP contribution in [-0.4, -0.2) is 29.5 Å². The van der Waals surface area contributed by atoms with Crippen LogP contribution in [0.25, 0.3) is 0 Å². The first-order chi connectivity index (χ1) is 7.60. The van der Waals surface area contributed by atoms with E-state index in [2.05, 4.69) is 31.3 Å². The van der Waals surface area contributed by atoms with Crippen LogP contribution in [0.15, 0.2) is 18.2 Å². The zero-order valence-corrected chi connectivity index (χ0v) is 10.2. The average Bonchev–Trinajstić information content (AvgIpc) is 2.29. The van der Waals surface area contributed by atoms with Crippen molar-refractivity contribution in [2.24, 2.45) is 0 Å². The van der Waals surface area contributed by atoms with Crippen molar-refractivity contribution in [2.45, 2.75) is 32.9 Å². The molecule has 0 aliphatic carbocycles. The van der Waals surface area contributed by atoms with Crippen molar-refractivity contribution in [3.8, 4) is 0 Å². The molecule has 0 spiro atoms. The lowest BCUT2D eigenvalue weighted by Crippen LogP contribution is -2.37. The zero-order valence-electron chi connectivity index (χ0n) is 10.2. The van der Waals surface area contributed by atoms with Gasteiger partial charge in [0.1, 0.15) is 0 Å². The molecule has 0 aliphatic heterocycles. The van der Waals surface area contributed by atoms with Gasteiger partial charge in [0.15, 0.2) is 0 Å². The lowest BCUT2D eigenvalue weighted by Gasteiger charge is -2.22. The molecule has 1 aromatic rings. The molecule has 1 unspecified atom stereocenters. The third-order valence-corrected chi connectivity index (χ3v) is 3.04. The Bertz CT molecular complexity index is 335. The molecule has 0 radical (unpaired) electrons. The quantitative estimate of drug-likeness (QED) is 0.705. The van der Waals surface area contributed by atoms with Crippen LogP contribution in [0.3, 0.4) is 0 Å². The maximum atomic E-state index is 9.02. The Hall–Kier alpha value is -0.900. The van der Waals surface area contributed by atoms with Crippen molar-refractivity contribution >= 4 is 0 Å². The normalized spacial score (nSPS) is 13.1. The molecule has 1 atom stereocenters. The van der Waals surface area contributed by atoms with Crippen molar-refractivity contribution in [2.75, 3.05) is 13.2 Å². The third-order valence-electron chi connectivity index (χ3n) is 3.04. The summed E-state index contributed by atoms with van der Waals surface area (Å²) in [5.74, 6) is 0. The standard InChI is InChI=1S/C13H21NO2/c1-9-5-4-6-13(10(9)2)11(3)14-12(7-15)8-16/h4-6,11-12,14-16H,7-8H2,1-3H3. The second kappa shape index (κ2) is 5.99. The van der Waals surface area contributed by atoms with Gasteiger partial charge in [-0.05, 0) is 37.5 Å². The minimum Gasteiger partial charge on any atom is -0.395 e. The summed E-state index contributed by atoms with van der Waals surface area (Å²) in [5.41, 5.74) is 3.74. The number of aryl methyl sites for hydroxylation is 1.